The Morgan fingerprint density at radius 1 is 1.15 bits per heavy atom. The van der Waals surface area contributed by atoms with Gasteiger partial charge in [-0.2, -0.15) is 0 Å². The number of hydrogen-bond donors (Lipinski definition) is 2. The van der Waals surface area contributed by atoms with Gasteiger partial charge in [0, 0.05) is 31.7 Å². The van der Waals surface area contributed by atoms with Crippen LogP contribution in [0.1, 0.15) is 22.8 Å². The Labute approximate surface area is 160 Å². The third kappa shape index (κ3) is 5.54. The lowest BCUT2D eigenvalue weighted by Gasteiger charge is -2.23. The third-order valence-corrected chi connectivity index (χ3v) is 5.42. The van der Waals surface area contributed by atoms with E-state index in [0.717, 1.165) is 5.56 Å². The van der Waals surface area contributed by atoms with Crippen molar-refractivity contribution in [2.24, 2.45) is 5.73 Å². The van der Waals surface area contributed by atoms with Crippen molar-refractivity contribution in [1.82, 2.24) is 9.62 Å². The average molecular weight is 398 g/mol. The largest absolute Gasteiger partial charge is 0.338 e. The zero-order valence-corrected chi connectivity index (χ0v) is 16.4. The summed E-state index contributed by atoms with van der Waals surface area (Å²) >= 11 is 0. The summed E-state index contributed by atoms with van der Waals surface area (Å²) in [6.45, 7) is 2.35. The normalized spacial score (nSPS) is 12.1. The topological polar surface area (TPSA) is 92.5 Å². The molecule has 1 atom stereocenters. The zero-order valence-electron chi connectivity index (χ0n) is 14.8. The van der Waals surface area contributed by atoms with Crippen LogP contribution in [0.3, 0.4) is 0 Å². The van der Waals surface area contributed by atoms with Crippen LogP contribution >= 0.6 is 12.4 Å². The minimum Gasteiger partial charge on any atom is -0.338 e. The SMILES string of the molecule is CC(CN)N(C)C(=O)c1cccc(S(=O)(=O)NCc2ccccc2)c1.Cl. The van der Waals surface area contributed by atoms with Crippen molar-refractivity contribution in [3.63, 3.8) is 0 Å². The van der Waals surface area contributed by atoms with E-state index in [4.69, 9.17) is 5.73 Å². The molecular weight excluding hydrogens is 374 g/mol. The summed E-state index contributed by atoms with van der Waals surface area (Å²) in [4.78, 5) is 14.0. The monoisotopic (exact) mass is 397 g/mol. The molecule has 0 aliphatic rings. The van der Waals surface area contributed by atoms with Gasteiger partial charge in [-0.3, -0.25) is 4.79 Å². The Morgan fingerprint density at radius 2 is 1.81 bits per heavy atom. The molecule has 3 N–H and O–H groups in total. The van der Waals surface area contributed by atoms with Gasteiger partial charge in [-0.25, -0.2) is 13.1 Å². The number of rotatable bonds is 7. The van der Waals surface area contributed by atoms with E-state index >= 15 is 0 Å². The van der Waals surface area contributed by atoms with Crippen molar-refractivity contribution < 1.29 is 13.2 Å². The molecule has 1 amide bonds. The van der Waals surface area contributed by atoms with Crippen LogP contribution < -0.4 is 10.5 Å². The molecule has 0 aliphatic heterocycles. The second-order valence-electron chi connectivity index (χ2n) is 5.84. The molecule has 6 nitrogen and oxygen atoms in total. The van der Waals surface area contributed by atoms with Crippen LogP contribution in [0.2, 0.25) is 0 Å². The highest BCUT2D eigenvalue weighted by atomic mass is 35.5. The van der Waals surface area contributed by atoms with Crippen molar-refractivity contribution in [2.45, 2.75) is 24.4 Å². The number of halogens is 1. The number of carbonyl (C=O) groups excluding carboxylic acids is 1. The Kier molecular flexibility index (Phi) is 8.23. The molecule has 8 heteroatoms. The number of likely N-dealkylation sites (N-methyl/N-ethyl adjacent to an activating group) is 1. The first-order chi connectivity index (χ1) is 11.8. The fraction of sp³-hybridized carbons (Fsp3) is 0.278. The maximum Gasteiger partial charge on any atom is 0.253 e. The van der Waals surface area contributed by atoms with Crippen LogP contribution in [-0.2, 0) is 16.6 Å². The molecule has 142 valence electrons. The van der Waals surface area contributed by atoms with E-state index in [1.54, 1.807) is 19.2 Å². The molecule has 2 aromatic carbocycles. The van der Waals surface area contributed by atoms with Gasteiger partial charge < -0.3 is 10.6 Å². The number of nitrogens with two attached hydrogens (primary N) is 1. The summed E-state index contributed by atoms with van der Waals surface area (Å²) in [5, 5.41) is 0. The quantitative estimate of drug-likeness (QED) is 0.747. The molecule has 26 heavy (non-hydrogen) atoms. The predicted octanol–water partition coefficient (Wildman–Crippen LogP) is 2.01. The van der Waals surface area contributed by atoms with Crippen molar-refractivity contribution >= 4 is 28.3 Å². The van der Waals surface area contributed by atoms with E-state index < -0.39 is 10.0 Å². The highest BCUT2D eigenvalue weighted by Gasteiger charge is 2.20. The van der Waals surface area contributed by atoms with Crippen LogP contribution in [0.25, 0.3) is 0 Å². The lowest BCUT2D eigenvalue weighted by Crippen LogP contribution is -2.39. The first kappa shape index (κ1) is 22.1. The molecule has 2 aromatic rings. The van der Waals surface area contributed by atoms with E-state index in [2.05, 4.69) is 4.72 Å². The van der Waals surface area contributed by atoms with Gasteiger partial charge in [0.2, 0.25) is 10.0 Å². The second-order valence-corrected chi connectivity index (χ2v) is 7.61. The van der Waals surface area contributed by atoms with E-state index in [1.165, 1.54) is 17.0 Å². The molecule has 0 radical (unpaired) electrons. The summed E-state index contributed by atoms with van der Waals surface area (Å²) in [5.41, 5.74) is 6.75. The molecule has 0 spiro atoms. The molecule has 0 heterocycles. The lowest BCUT2D eigenvalue weighted by atomic mass is 10.2. The molecular formula is C18H24ClN3O3S. The summed E-state index contributed by atoms with van der Waals surface area (Å²) in [7, 11) is -2.06. The number of amides is 1. The van der Waals surface area contributed by atoms with E-state index in [-0.39, 0.29) is 35.8 Å². The molecule has 0 aromatic heterocycles. The van der Waals surface area contributed by atoms with Gasteiger partial charge in [0.1, 0.15) is 0 Å². The van der Waals surface area contributed by atoms with Crippen molar-refractivity contribution in [3.8, 4) is 0 Å². The number of carbonyl (C=O) groups is 1. The Bertz CT molecular complexity index is 829. The van der Waals surface area contributed by atoms with Gasteiger partial charge in [0.25, 0.3) is 5.91 Å². The van der Waals surface area contributed by atoms with Gasteiger partial charge in [-0.1, -0.05) is 36.4 Å². The van der Waals surface area contributed by atoms with Crippen LogP contribution in [-0.4, -0.2) is 38.9 Å². The molecule has 1 unspecified atom stereocenters. The molecule has 0 aliphatic carbocycles. The summed E-state index contributed by atoms with van der Waals surface area (Å²) in [6.07, 6.45) is 0. The number of benzene rings is 2. The lowest BCUT2D eigenvalue weighted by molar-refractivity contribution is 0.0748. The highest BCUT2D eigenvalue weighted by molar-refractivity contribution is 7.89. The maximum atomic E-state index is 12.5. The van der Waals surface area contributed by atoms with Gasteiger partial charge in [-0.05, 0) is 30.7 Å². The minimum absolute atomic E-state index is 0. The first-order valence-electron chi connectivity index (χ1n) is 7.96. The Hall–Kier alpha value is -1.93. The summed E-state index contributed by atoms with van der Waals surface area (Å²) in [5.74, 6) is -0.266. The Morgan fingerprint density at radius 3 is 2.42 bits per heavy atom. The van der Waals surface area contributed by atoms with E-state index in [1.807, 2.05) is 37.3 Å². The van der Waals surface area contributed by atoms with E-state index in [9.17, 15) is 13.2 Å². The van der Waals surface area contributed by atoms with Crippen LogP contribution in [0.5, 0.6) is 0 Å². The number of nitrogens with one attached hydrogen (secondary N) is 1. The average Bonchev–Trinajstić information content (AvgIpc) is 2.65. The van der Waals surface area contributed by atoms with Gasteiger partial charge >= 0.3 is 0 Å². The molecule has 0 saturated heterocycles. The van der Waals surface area contributed by atoms with Gasteiger partial charge in [0.05, 0.1) is 4.90 Å². The minimum atomic E-state index is -3.71. The number of sulfonamides is 1. The standard InChI is InChI=1S/C18H23N3O3S.ClH/c1-14(12-19)21(2)18(22)16-9-6-10-17(11-16)25(23,24)20-13-15-7-4-3-5-8-15;/h3-11,14,20H,12-13,19H2,1-2H3;1H. The summed E-state index contributed by atoms with van der Waals surface area (Å²) < 4.78 is 27.5. The van der Waals surface area contributed by atoms with E-state index in [0.29, 0.717) is 12.1 Å². The number of hydrogen-bond acceptors (Lipinski definition) is 4. The van der Waals surface area contributed by atoms with Gasteiger partial charge in [-0.15, -0.1) is 12.4 Å². The smallest absolute Gasteiger partial charge is 0.253 e. The number of nitrogens with zero attached hydrogens (tertiary/aromatic N) is 1. The van der Waals surface area contributed by atoms with Crippen LogP contribution in [0.15, 0.2) is 59.5 Å². The zero-order chi connectivity index (χ0) is 18.4. The van der Waals surface area contributed by atoms with Crippen LogP contribution in [0.4, 0.5) is 0 Å². The summed E-state index contributed by atoms with van der Waals surface area (Å²) in [6, 6.07) is 15.1. The molecule has 0 bridgehead atoms. The van der Waals surface area contributed by atoms with Gasteiger partial charge in [0.15, 0.2) is 0 Å². The van der Waals surface area contributed by atoms with Crippen molar-refractivity contribution in [1.29, 1.82) is 0 Å². The molecule has 2 rings (SSSR count). The fourth-order valence-electron chi connectivity index (χ4n) is 2.22. The van der Waals surface area contributed by atoms with Crippen LogP contribution in [0, 0.1) is 0 Å². The van der Waals surface area contributed by atoms with Crippen molar-refractivity contribution in [3.05, 3.63) is 65.7 Å². The highest BCUT2D eigenvalue weighted by Crippen LogP contribution is 2.14. The molecule has 0 saturated carbocycles. The Balaban J connectivity index is 0.00000338. The third-order valence-electron chi connectivity index (χ3n) is 4.02. The first-order valence-corrected chi connectivity index (χ1v) is 9.44. The fourth-order valence-corrected chi connectivity index (χ4v) is 3.28. The predicted molar refractivity (Wildman–Crippen MR) is 105 cm³/mol. The second kappa shape index (κ2) is 9.68. The molecule has 0 fully saturated rings. The van der Waals surface area contributed by atoms with Crippen molar-refractivity contribution in [2.75, 3.05) is 13.6 Å². The maximum absolute atomic E-state index is 12.5.